The molecule has 1 aliphatic heterocycles. The summed E-state index contributed by atoms with van der Waals surface area (Å²) in [6.45, 7) is 6.09. The minimum Gasteiger partial charge on any atom is -0.356 e. The quantitative estimate of drug-likeness (QED) is 0.454. The van der Waals surface area contributed by atoms with Crippen molar-refractivity contribution in [1.82, 2.24) is 25.4 Å². The third kappa shape index (κ3) is 5.44. The SMILES string of the molecule is CN=C(NCCc1nnc2n1CCCCC2)NC(C)C.I. The second-order valence-corrected chi connectivity index (χ2v) is 5.54. The summed E-state index contributed by atoms with van der Waals surface area (Å²) in [5, 5.41) is 15.3. The minimum atomic E-state index is 0. The van der Waals surface area contributed by atoms with Crippen molar-refractivity contribution in [3.05, 3.63) is 11.6 Å². The van der Waals surface area contributed by atoms with Crippen LogP contribution in [0.4, 0.5) is 0 Å². The molecule has 0 unspecified atom stereocenters. The van der Waals surface area contributed by atoms with Crippen molar-refractivity contribution in [3.63, 3.8) is 0 Å². The fraction of sp³-hybridized carbons (Fsp3) is 0.786. The summed E-state index contributed by atoms with van der Waals surface area (Å²) in [5.41, 5.74) is 0. The molecule has 0 aliphatic carbocycles. The Balaban J connectivity index is 0.00000220. The van der Waals surface area contributed by atoms with E-state index in [0.717, 1.165) is 43.5 Å². The van der Waals surface area contributed by atoms with Crippen LogP contribution in [0.3, 0.4) is 0 Å². The van der Waals surface area contributed by atoms with Crippen LogP contribution in [0.25, 0.3) is 0 Å². The van der Waals surface area contributed by atoms with E-state index in [1.165, 1.54) is 19.3 Å². The molecule has 2 N–H and O–H groups in total. The molecule has 2 heterocycles. The largest absolute Gasteiger partial charge is 0.356 e. The summed E-state index contributed by atoms with van der Waals surface area (Å²) in [6, 6.07) is 0.380. The minimum absolute atomic E-state index is 0. The molecule has 120 valence electrons. The lowest BCUT2D eigenvalue weighted by Crippen LogP contribution is -2.41. The van der Waals surface area contributed by atoms with Crippen molar-refractivity contribution in [2.45, 2.75) is 58.5 Å². The molecule has 7 heteroatoms. The molecule has 0 atom stereocenters. The first-order valence-electron chi connectivity index (χ1n) is 7.59. The lowest BCUT2D eigenvalue weighted by molar-refractivity contribution is 0.599. The van der Waals surface area contributed by atoms with Gasteiger partial charge in [-0.25, -0.2) is 0 Å². The fourth-order valence-corrected chi connectivity index (χ4v) is 2.49. The van der Waals surface area contributed by atoms with Gasteiger partial charge in [0.25, 0.3) is 0 Å². The van der Waals surface area contributed by atoms with Gasteiger partial charge in [-0.3, -0.25) is 4.99 Å². The van der Waals surface area contributed by atoms with E-state index in [-0.39, 0.29) is 24.0 Å². The number of hydrogen-bond donors (Lipinski definition) is 2. The van der Waals surface area contributed by atoms with Crippen molar-refractivity contribution in [3.8, 4) is 0 Å². The Hall–Kier alpha value is -0.860. The number of aromatic nitrogens is 3. The van der Waals surface area contributed by atoms with E-state index in [2.05, 4.69) is 44.2 Å². The maximum atomic E-state index is 4.34. The Kier molecular flexibility index (Phi) is 7.98. The molecular formula is C14H27IN6. The zero-order chi connectivity index (χ0) is 14.4. The summed E-state index contributed by atoms with van der Waals surface area (Å²) in [5.74, 6) is 3.09. The number of aliphatic imine (C=N–C) groups is 1. The standard InChI is InChI=1S/C14H26N6.HI/c1-11(2)17-14(15-3)16-9-8-13-19-18-12-7-5-4-6-10-20(12)13;/h11H,4-10H2,1-3H3,(H2,15,16,17);1H. The number of nitrogens with one attached hydrogen (secondary N) is 2. The number of nitrogens with zero attached hydrogens (tertiary/aromatic N) is 4. The monoisotopic (exact) mass is 406 g/mol. The molecule has 0 spiro atoms. The van der Waals surface area contributed by atoms with E-state index in [9.17, 15) is 0 Å². The van der Waals surface area contributed by atoms with Crippen LogP contribution in [0, 0.1) is 0 Å². The third-order valence-corrected chi connectivity index (χ3v) is 3.48. The normalized spacial score (nSPS) is 15.1. The Morgan fingerprint density at radius 2 is 2.10 bits per heavy atom. The van der Waals surface area contributed by atoms with E-state index in [0.29, 0.717) is 6.04 Å². The number of halogens is 1. The van der Waals surface area contributed by atoms with Crippen molar-refractivity contribution in [2.75, 3.05) is 13.6 Å². The average Bonchev–Trinajstić information content (AvgIpc) is 2.66. The third-order valence-electron chi connectivity index (χ3n) is 3.48. The molecule has 21 heavy (non-hydrogen) atoms. The topological polar surface area (TPSA) is 67.1 Å². The molecule has 0 fully saturated rings. The molecule has 0 aromatic carbocycles. The van der Waals surface area contributed by atoms with Gasteiger partial charge in [-0.05, 0) is 26.7 Å². The number of guanidine groups is 1. The molecule has 1 aromatic heterocycles. The Morgan fingerprint density at radius 3 is 2.81 bits per heavy atom. The maximum Gasteiger partial charge on any atom is 0.191 e. The van der Waals surface area contributed by atoms with E-state index < -0.39 is 0 Å². The first kappa shape index (κ1) is 18.2. The zero-order valence-electron chi connectivity index (χ0n) is 13.2. The van der Waals surface area contributed by atoms with Crippen LogP contribution in [0.2, 0.25) is 0 Å². The first-order chi connectivity index (χ1) is 9.70. The van der Waals surface area contributed by atoms with Gasteiger partial charge in [0.05, 0.1) is 0 Å². The molecule has 0 saturated heterocycles. The molecule has 0 radical (unpaired) electrons. The highest BCUT2D eigenvalue weighted by molar-refractivity contribution is 14.0. The fourth-order valence-electron chi connectivity index (χ4n) is 2.49. The van der Waals surface area contributed by atoms with Crippen molar-refractivity contribution in [2.24, 2.45) is 4.99 Å². The van der Waals surface area contributed by atoms with Gasteiger partial charge in [-0.2, -0.15) is 0 Å². The maximum absolute atomic E-state index is 4.34. The highest BCUT2D eigenvalue weighted by Gasteiger charge is 2.14. The summed E-state index contributed by atoms with van der Waals surface area (Å²) in [7, 11) is 1.79. The Labute approximate surface area is 144 Å². The second-order valence-electron chi connectivity index (χ2n) is 5.54. The van der Waals surface area contributed by atoms with Crippen LogP contribution in [-0.4, -0.2) is 40.4 Å². The smallest absolute Gasteiger partial charge is 0.191 e. The summed E-state index contributed by atoms with van der Waals surface area (Å²) >= 11 is 0. The number of fused-ring (bicyclic) bond motifs is 1. The van der Waals surface area contributed by atoms with Gasteiger partial charge >= 0.3 is 0 Å². The summed E-state index contributed by atoms with van der Waals surface area (Å²) in [4.78, 5) is 4.20. The van der Waals surface area contributed by atoms with Crippen LogP contribution >= 0.6 is 24.0 Å². The number of rotatable bonds is 4. The Morgan fingerprint density at radius 1 is 1.29 bits per heavy atom. The van der Waals surface area contributed by atoms with Crippen LogP contribution in [0.1, 0.15) is 44.8 Å². The van der Waals surface area contributed by atoms with E-state index in [1.807, 2.05) is 0 Å². The van der Waals surface area contributed by atoms with Crippen LogP contribution in [0.15, 0.2) is 4.99 Å². The first-order valence-corrected chi connectivity index (χ1v) is 7.59. The average molecular weight is 406 g/mol. The summed E-state index contributed by atoms with van der Waals surface area (Å²) < 4.78 is 2.30. The molecular weight excluding hydrogens is 379 g/mol. The van der Waals surface area contributed by atoms with Gasteiger partial charge in [0, 0.05) is 39.0 Å². The second kappa shape index (κ2) is 9.22. The predicted molar refractivity (Wildman–Crippen MR) is 96.3 cm³/mol. The number of hydrogen-bond acceptors (Lipinski definition) is 3. The van der Waals surface area contributed by atoms with Crippen molar-refractivity contribution < 1.29 is 0 Å². The molecule has 2 rings (SSSR count). The molecule has 0 amide bonds. The summed E-state index contributed by atoms with van der Waals surface area (Å²) in [6.07, 6.45) is 5.72. The van der Waals surface area contributed by atoms with E-state index in [4.69, 9.17) is 0 Å². The zero-order valence-corrected chi connectivity index (χ0v) is 15.6. The van der Waals surface area contributed by atoms with Gasteiger partial charge in [0.2, 0.25) is 0 Å². The van der Waals surface area contributed by atoms with Gasteiger partial charge in [-0.1, -0.05) is 6.42 Å². The van der Waals surface area contributed by atoms with Gasteiger partial charge in [0.15, 0.2) is 5.96 Å². The van der Waals surface area contributed by atoms with Crippen molar-refractivity contribution in [1.29, 1.82) is 0 Å². The lowest BCUT2D eigenvalue weighted by atomic mass is 10.2. The van der Waals surface area contributed by atoms with Gasteiger partial charge < -0.3 is 15.2 Å². The highest BCUT2D eigenvalue weighted by atomic mass is 127. The predicted octanol–water partition coefficient (Wildman–Crippen LogP) is 1.74. The molecule has 1 aromatic rings. The van der Waals surface area contributed by atoms with Gasteiger partial charge in [-0.15, -0.1) is 34.2 Å². The van der Waals surface area contributed by atoms with E-state index in [1.54, 1.807) is 7.05 Å². The Bertz CT molecular complexity index is 454. The molecule has 0 saturated carbocycles. The van der Waals surface area contributed by atoms with Crippen LogP contribution in [0.5, 0.6) is 0 Å². The molecule has 0 bridgehead atoms. The number of aryl methyl sites for hydroxylation is 1. The van der Waals surface area contributed by atoms with Crippen LogP contribution in [-0.2, 0) is 19.4 Å². The molecule has 1 aliphatic rings. The van der Waals surface area contributed by atoms with E-state index >= 15 is 0 Å². The van der Waals surface area contributed by atoms with Gasteiger partial charge in [0.1, 0.15) is 11.6 Å². The molecule has 6 nitrogen and oxygen atoms in total. The highest BCUT2D eigenvalue weighted by Crippen LogP contribution is 2.14. The van der Waals surface area contributed by atoms with Crippen LogP contribution < -0.4 is 10.6 Å². The lowest BCUT2D eigenvalue weighted by Gasteiger charge is -2.14. The van der Waals surface area contributed by atoms with Crippen molar-refractivity contribution >= 4 is 29.9 Å².